The molecule has 0 spiro atoms. The van der Waals surface area contributed by atoms with Crippen LogP contribution in [0, 0.1) is 0 Å². The first-order valence-corrected chi connectivity index (χ1v) is 11.6. The maximum absolute atomic E-state index is 14.2. The Kier molecular flexibility index (Phi) is 6.70. The summed E-state index contributed by atoms with van der Waals surface area (Å²) in [5, 5.41) is 0. The molecule has 7 heteroatoms. The highest BCUT2D eigenvalue weighted by atomic mass is 16.5. The number of amides is 2. The van der Waals surface area contributed by atoms with E-state index in [1.165, 1.54) is 0 Å². The average molecular weight is 452 g/mol. The summed E-state index contributed by atoms with van der Waals surface area (Å²) >= 11 is 0. The van der Waals surface area contributed by atoms with Crippen molar-refractivity contribution >= 4 is 11.8 Å². The van der Waals surface area contributed by atoms with Crippen molar-refractivity contribution in [3.8, 4) is 5.75 Å². The Morgan fingerprint density at radius 3 is 2.36 bits per heavy atom. The summed E-state index contributed by atoms with van der Waals surface area (Å²) in [5.74, 6) is 0.823. The molecule has 176 valence electrons. The SMILES string of the molecule is COc1ccc(C2(C(=O)N3CCC[C@@](C(=O)N(C)C)(c4ccccn4)C3)CCOCC2)cc1. The summed E-state index contributed by atoms with van der Waals surface area (Å²) in [5.41, 5.74) is 0.195. The smallest absolute Gasteiger partial charge is 0.236 e. The van der Waals surface area contributed by atoms with Crippen molar-refractivity contribution in [1.82, 2.24) is 14.8 Å². The van der Waals surface area contributed by atoms with Crippen LogP contribution in [0.25, 0.3) is 0 Å². The highest BCUT2D eigenvalue weighted by Crippen LogP contribution is 2.41. The molecule has 3 heterocycles. The van der Waals surface area contributed by atoms with Crippen molar-refractivity contribution < 1.29 is 19.1 Å². The van der Waals surface area contributed by atoms with Crippen LogP contribution in [0.15, 0.2) is 48.7 Å². The van der Waals surface area contributed by atoms with Gasteiger partial charge in [0, 0.05) is 46.6 Å². The van der Waals surface area contributed by atoms with Crippen LogP contribution in [0.2, 0.25) is 0 Å². The van der Waals surface area contributed by atoms with Gasteiger partial charge in [0.2, 0.25) is 11.8 Å². The second kappa shape index (κ2) is 9.51. The van der Waals surface area contributed by atoms with Crippen LogP contribution in [0.1, 0.15) is 36.9 Å². The summed E-state index contributed by atoms with van der Waals surface area (Å²) in [6.45, 7) is 2.03. The van der Waals surface area contributed by atoms with Crippen molar-refractivity contribution in [2.24, 2.45) is 0 Å². The maximum Gasteiger partial charge on any atom is 0.236 e. The molecule has 0 aliphatic carbocycles. The number of piperidine rings is 1. The maximum atomic E-state index is 14.2. The van der Waals surface area contributed by atoms with Crippen LogP contribution < -0.4 is 4.74 Å². The van der Waals surface area contributed by atoms with Crippen molar-refractivity contribution in [2.75, 3.05) is 47.5 Å². The van der Waals surface area contributed by atoms with Crippen LogP contribution in [0.4, 0.5) is 0 Å². The molecular formula is C26H33N3O4. The Labute approximate surface area is 195 Å². The fraction of sp³-hybridized carbons (Fsp3) is 0.500. The minimum Gasteiger partial charge on any atom is -0.497 e. The Bertz CT molecular complexity index is 971. The van der Waals surface area contributed by atoms with E-state index in [2.05, 4.69) is 4.98 Å². The molecule has 0 bridgehead atoms. The van der Waals surface area contributed by atoms with Crippen LogP contribution in [0.3, 0.4) is 0 Å². The second-order valence-corrected chi connectivity index (χ2v) is 9.25. The van der Waals surface area contributed by atoms with Gasteiger partial charge < -0.3 is 19.3 Å². The molecule has 2 fully saturated rings. The van der Waals surface area contributed by atoms with Gasteiger partial charge in [-0.15, -0.1) is 0 Å². The summed E-state index contributed by atoms with van der Waals surface area (Å²) in [6.07, 6.45) is 4.37. The van der Waals surface area contributed by atoms with Gasteiger partial charge in [0.05, 0.1) is 18.2 Å². The van der Waals surface area contributed by atoms with E-state index in [0.717, 1.165) is 23.4 Å². The minimum absolute atomic E-state index is 0.0100. The van der Waals surface area contributed by atoms with E-state index in [1.807, 2.05) is 47.4 Å². The topological polar surface area (TPSA) is 72.0 Å². The summed E-state index contributed by atoms with van der Waals surface area (Å²) in [6, 6.07) is 13.5. The highest BCUT2D eigenvalue weighted by molar-refractivity contribution is 5.92. The van der Waals surface area contributed by atoms with E-state index in [0.29, 0.717) is 45.6 Å². The summed E-state index contributed by atoms with van der Waals surface area (Å²) in [7, 11) is 5.17. The fourth-order valence-electron chi connectivity index (χ4n) is 5.35. The van der Waals surface area contributed by atoms with E-state index < -0.39 is 10.8 Å². The Morgan fingerprint density at radius 2 is 1.76 bits per heavy atom. The van der Waals surface area contributed by atoms with Crippen molar-refractivity contribution in [2.45, 2.75) is 36.5 Å². The number of carbonyl (C=O) groups is 2. The summed E-state index contributed by atoms with van der Waals surface area (Å²) < 4.78 is 11.0. The number of nitrogens with zero attached hydrogens (tertiary/aromatic N) is 3. The number of likely N-dealkylation sites (tertiary alicyclic amines) is 1. The molecule has 2 amide bonds. The lowest BCUT2D eigenvalue weighted by Gasteiger charge is -2.46. The number of carbonyl (C=O) groups excluding carboxylic acids is 2. The van der Waals surface area contributed by atoms with E-state index in [9.17, 15) is 9.59 Å². The van der Waals surface area contributed by atoms with E-state index in [4.69, 9.17) is 9.47 Å². The van der Waals surface area contributed by atoms with E-state index in [-0.39, 0.29) is 11.8 Å². The monoisotopic (exact) mass is 451 g/mol. The third kappa shape index (κ3) is 4.22. The first kappa shape index (κ1) is 23.2. The molecule has 33 heavy (non-hydrogen) atoms. The zero-order valence-electron chi connectivity index (χ0n) is 19.8. The molecule has 0 radical (unpaired) electrons. The zero-order chi connectivity index (χ0) is 23.5. The van der Waals surface area contributed by atoms with Gasteiger partial charge in [0.15, 0.2) is 0 Å². The third-order valence-electron chi connectivity index (χ3n) is 7.15. The van der Waals surface area contributed by atoms with Crippen LogP contribution in [-0.4, -0.2) is 74.1 Å². The molecule has 2 aliphatic heterocycles. The number of hydrogen-bond acceptors (Lipinski definition) is 5. The molecule has 1 atom stereocenters. The standard InChI is InChI=1S/C26H33N3O4/c1-28(2)23(30)26(22-7-4-5-15-27-22)12-6-16-29(19-26)24(31)25(13-17-33-18-14-25)20-8-10-21(32-3)11-9-20/h4-5,7-11,15H,6,12-14,16-19H2,1-3H3/t26-/m0/s1. The predicted octanol–water partition coefficient (Wildman–Crippen LogP) is 2.79. The van der Waals surface area contributed by atoms with Gasteiger partial charge in [0.1, 0.15) is 11.2 Å². The molecule has 0 N–H and O–H groups in total. The van der Waals surface area contributed by atoms with Gasteiger partial charge in [-0.25, -0.2) is 0 Å². The normalized spacial score (nSPS) is 22.5. The number of methoxy groups -OCH3 is 1. The molecule has 2 aliphatic rings. The Balaban J connectivity index is 1.71. The average Bonchev–Trinajstić information content (AvgIpc) is 2.88. The van der Waals surface area contributed by atoms with Gasteiger partial charge >= 0.3 is 0 Å². The van der Waals surface area contributed by atoms with Crippen molar-refractivity contribution in [1.29, 1.82) is 0 Å². The molecule has 1 aromatic heterocycles. The van der Waals surface area contributed by atoms with Gasteiger partial charge in [-0.1, -0.05) is 18.2 Å². The lowest BCUT2D eigenvalue weighted by Crippen LogP contribution is -2.59. The zero-order valence-corrected chi connectivity index (χ0v) is 19.8. The summed E-state index contributed by atoms with van der Waals surface area (Å²) in [4.78, 5) is 35.8. The Morgan fingerprint density at radius 1 is 1.03 bits per heavy atom. The molecule has 4 rings (SSSR count). The number of hydrogen-bond donors (Lipinski definition) is 0. The lowest BCUT2D eigenvalue weighted by atomic mass is 9.70. The van der Waals surface area contributed by atoms with Gasteiger partial charge in [-0.3, -0.25) is 14.6 Å². The number of benzene rings is 1. The van der Waals surface area contributed by atoms with Crippen LogP contribution in [0.5, 0.6) is 5.75 Å². The van der Waals surface area contributed by atoms with E-state index >= 15 is 0 Å². The molecular weight excluding hydrogens is 418 g/mol. The molecule has 1 aromatic carbocycles. The Hall–Kier alpha value is -2.93. The quantitative estimate of drug-likeness (QED) is 0.699. The molecule has 0 saturated carbocycles. The minimum atomic E-state index is -0.842. The molecule has 2 saturated heterocycles. The number of ether oxygens (including phenoxy) is 2. The lowest BCUT2D eigenvalue weighted by molar-refractivity contribution is -0.147. The van der Waals surface area contributed by atoms with Crippen molar-refractivity contribution in [3.63, 3.8) is 0 Å². The van der Waals surface area contributed by atoms with E-state index in [1.54, 1.807) is 32.3 Å². The number of likely N-dealkylation sites (N-methyl/N-ethyl adjacent to an activating group) is 1. The largest absolute Gasteiger partial charge is 0.497 e. The van der Waals surface area contributed by atoms with Gasteiger partial charge in [-0.05, 0) is 55.5 Å². The number of pyridine rings is 1. The predicted molar refractivity (Wildman–Crippen MR) is 125 cm³/mol. The third-order valence-corrected chi connectivity index (χ3v) is 7.15. The molecule has 7 nitrogen and oxygen atoms in total. The first-order chi connectivity index (χ1) is 15.9. The molecule has 2 aromatic rings. The fourth-order valence-corrected chi connectivity index (χ4v) is 5.35. The van der Waals surface area contributed by atoms with Crippen LogP contribution >= 0.6 is 0 Å². The number of rotatable bonds is 5. The van der Waals surface area contributed by atoms with Crippen LogP contribution in [-0.2, 0) is 25.2 Å². The molecule has 0 unspecified atom stereocenters. The van der Waals surface area contributed by atoms with Gasteiger partial charge in [-0.2, -0.15) is 0 Å². The highest BCUT2D eigenvalue weighted by Gasteiger charge is 2.51. The van der Waals surface area contributed by atoms with Gasteiger partial charge in [0.25, 0.3) is 0 Å². The first-order valence-electron chi connectivity index (χ1n) is 11.6. The van der Waals surface area contributed by atoms with Crippen molar-refractivity contribution in [3.05, 3.63) is 59.9 Å². The number of aromatic nitrogens is 1. The second-order valence-electron chi connectivity index (χ2n) is 9.25.